The van der Waals surface area contributed by atoms with E-state index in [0.29, 0.717) is 6.54 Å². The van der Waals surface area contributed by atoms with Gasteiger partial charge in [-0.25, -0.2) is 0 Å². The first kappa shape index (κ1) is 15.4. The molecular formula is C20H25N3O. The van der Waals surface area contributed by atoms with Gasteiger partial charge >= 0.3 is 0 Å². The zero-order valence-corrected chi connectivity index (χ0v) is 14.2. The second-order valence-corrected chi connectivity index (χ2v) is 7.05. The predicted molar refractivity (Wildman–Crippen MR) is 93.7 cm³/mol. The van der Waals surface area contributed by atoms with E-state index in [9.17, 15) is 4.79 Å². The smallest absolute Gasteiger partial charge is 0.244 e. The number of carbonyl (C=O) groups is 1. The minimum atomic E-state index is 0.181. The average molecular weight is 323 g/mol. The highest BCUT2D eigenvalue weighted by Gasteiger charge is 2.21. The first-order valence-corrected chi connectivity index (χ1v) is 9.19. The monoisotopic (exact) mass is 323 g/mol. The van der Waals surface area contributed by atoms with Gasteiger partial charge in [-0.1, -0.05) is 37.1 Å². The molecule has 2 aliphatic rings. The summed E-state index contributed by atoms with van der Waals surface area (Å²) in [6, 6.07) is 8.44. The van der Waals surface area contributed by atoms with Crippen molar-refractivity contribution in [2.24, 2.45) is 0 Å². The van der Waals surface area contributed by atoms with Crippen LogP contribution in [0.15, 0.2) is 30.5 Å². The number of fused-ring (bicyclic) bond motifs is 2. The van der Waals surface area contributed by atoms with Crippen LogP contribution in [0.3, 0.4) is 0 Å². The number of nitrogens with zero attached hydrogens (tertiary/aromatic N) is 3. The summed E-state index contributed by atoms with van der Waals surface area (Å²) in [5, 5.41) is 4.70. The molecule has 1 aromatic carbocycles. The Labute approximate surface area is 143 Å². The molecule has 4 heteroatoms. The molecule has 0 saturated heterocycles. The summed E-state index contributed by atoms with van der Waals surface area (Å²) in [6.45, 7) is 1.92. The van der Waals surface area contributed by atoms with E-state index in [2.05, 4.69) is 30.5 Å². The molecule has 0 spiro atoms. The van der Waals surface area contributed by atoms with Gasteiger partial charge in [-0.05, 0) is 48.8 Å². The van der Waals surface area contributed by atoms with Gasteiger partial charge in [0.2, 0.25) is 5.91 Å². The molecule has 0 saturated carbocycles. The Morgan fingerprint density at radius 3 is 2.62 bits per heavy atom. The number of rotatable bonds is 2. The number of aromatic nitrogens is 2. The zero-order chi connectivity index (χ0) is 16.4. The molecule has 0 unspecified atom stereocenters. The molecule has 0 atom stereocenters. The highest BCUT2D eigenvalue weighted by molar-refractivity contribution is 5.76. The third kappa shape index (κ3) is 3.23. The second kappa shape index (κ2) is 6.80. The van der Waals surface area contributed by atoms with Crippen molar-refractivity contribution in [3.05, 3.63) is 52.8 Å². The summed E-state index contributed by atoms with van der Waals surface area (Å²) in [5.41, 5.74) is 5.23. The van der Waals surface area contributed by atoms with Crippen LogP contribution in [-0.2, 0) is 37.1 Å². The van der Waals surface area contributed by atoms with Crippen LogP contribution in [-0.4, -0.2) is 27.1 Å². The molecule has 0 N–H and O–H groups in total. The highest BCUT2D eigenvalue weighted by atomic mass is 16.2. The number of amides is 1. The summed E-state index contributed by atoms with van der Waals surface area (Å²) in [6.07, 6.45) is 10.3. The van der Waals surface area contributed by atoms with Gasteiger partial charge in [-0.3, -0.25) is 9.48 Å². The maximum absolute atomic E-state index is 12.7. The molecule has 2 heterocycles. The predicted octanol–water partition coefficient (Wildman–Crippen LogP) is 3.13. The summed E-state index contributed by atoms with van der Waals surface area (Å²) < 4.78 is 1.87. The summed E-state index contributed by atoms with van der Waals surface area (Å²) in [4.78, 5) is 14.7. The maximum Gasteiger partial charge on any atom is 0.244 e. The molecule has 4 rings (SSSR count). The number of aryl methyl sites for hydroxylation is 2. The molecule has 0 bridgehead atoms. The van der Waals surface area contributed by atoms with Gasteiger partial charge in [-0.2, -0.15) is 5.10 Å². The summed E-state index contributed by atoms with van der Waals surface area (Å²) in [7, 11) is 0. The maximum atomic E-state index is 12.7. The van der Waals surface area contributed by atoms with Gasteiger partial charge in [0.15, 0.2) is 0 Å². The Hall–Kier alpha value is -2.10. The van der Waals surface area contributed by atoms with E-state index in [0.717, 1.165) is 32.4 Å². The van der Waals surface area contributed by atoms with Crippen LogP contribution in [0, 0.1) is 0 Å². The number of carbonyl (C=O) groups excluding carboxylic acids is 1. The van der Waals surface area contributed by atoms with E-state index in [1.165, 1.54) is 48.1 Å². The van der Waals surface area contributed by atoms with Gasteiger partial charge in [0.25, 0.3) is 0 Å². The van der Waals surface area contributed by atoms with Gasteiger partial charge in [-0.15, -0.1) is 0 Å². The molecule has 4 nitrogen and oxygen atoms in total. The number of hydrogen-bond acceptors (Lipinski definition) is 2. The SMILES string of the molecule is O=C(Cn1cc2c(n1)CCCCCC2)N1CCc2ccccc2C1. The van der Waals surface area contributed by atoms with Gasteiger partial charge in [0.05, 0.1) is 5.69 Å². The molecule has 1 amide bonds. The summed E-state index contributed by atoms with van der Waals surface area (Å²) >= 11 is 0. The van der Waals surface area contributed by atoms with Gasteiger partial charge in [0.1, 0.15) is 6.54 Å². The van der Waals surface area contributed by atoms with Crippen molar-refractivity contribution < 1.29 is 4.79 Å². The first-order valence-electron chi connectivity index (χ1n) is 9.19. The highest BCUT2D eigenvalue weighted by Crippen LogP contribution is 2.20. The van der Waals surface area contributed by atoms with Crippen molar-refractivity contribution in [3.8, 4) is 0 Å². The third-order valence-corrected chi connectivity index (χ3v) is 5.31. The molecule has 1 aromatic heterocycles. The summed E-state index contributed by atoms with van der Waals surface area (Å²) in [5.74, 6) is 0.181. The lowest BCUT2D eigenvalue weighted by atomic mass is 9.99. The molecule has 1 aliphatic heterocycles. The Kier molecular flexibility index (Phi) is 4.37. The third-order valence-electron chi connectivity index (χ3n) is 5.31. The van der Waals surface area contributed by atoms with Crippen LogP contribution in [0.4, 0.5) is 0 Å². The number of hydrogen-bond donors (Lipinski definition) is 0. The molecule has 1 aliphatic carbocycles. The fourth-order valence-corrected chi connectivity index (χ4v) is 3.91. The largest absolute Gasteiger partial charge is 0.336 e. The van der Waals surface area contributed by atoms with E-state index in [4.69, 9.17) is 5.10 Å². The Morgan fingerprint density at radius 2 is 1.75 bits per heavy atom. The first-order chi connectivity index (χ1) is 11.8. The number of benzene rings is 1. The van der Waals surface area contributed by atoms with E-state index < -0.39 is 0 Å². The topological polar surface area (TPSA) is 38.1 Å². The van der Waals surface area contributed by atoms with Crippen LogP contribution >= 0.6 is 0 Å². The Balaban J connectivity index is 1.44. The normalized spacial score (nSPS) is 17.6. The van der Waals surface area contributed by atoms with Crippen LogP contribution in [0.25, 0.3) is 0 Å². The van der Waals surface area contributed by atoms with Crippen molar-refractivity contribution in [3.63, 3.8) is 0 Å². The van der Waals surface area contributed by atoms with Crippen molar-refractivity contribution in [1.29, 1.82) is 0 Å². The minimum absolute atomic E-state index is 0.181. The van der Waals surface area contributed by atoms with Crippen LogP contribution in [0.5, 0.6) is 0 Å². The Morgan fingerprint density at radius 1 is 0.958 bits per heavy atom. The van der Waals surface area contributed by atoms with Gasteiger partial charge < -0.3 is 4.90 Å². The fraction of sp³-hybridized carbons (Fsp3) is 0.500. The van der Waals surface area contributed by atoms with E-state index in [-0.39, 0.29) is 5.91 Å². The van der Waals surface area contributed by atoms with Crippen molar-refractivity contribution in [1.82, 2.24) is 14.7 Å². The van der Waals surface area contributed by atoms with Crippen LogP contribution in [0.2, 0.25) is 0 Å². The molecular weight excluding hydrogens is 298 g/mol. The van der Waals surface area contributed by atoms with Crippen molar-refractivity contribution in [2.45, 2.75) is 58.0 Å². The van der Waals surface area contributed by atoms with Crippen LogP contribution < -0.4 is 0 Å². The molecule has 0 radical (unpaired) electrons. The fourth-order valence-electron chi connectivity index (χ4n) is 3.91. The quantitative estimate of drug-likeness (QED) is 0.851. The molecule has 0 fully saturated rings. The molecule has 126 valence electrons. The van der Waals surface area contributed by atoms with E-state index >= 15 is 0 Å². The molecule has 2 aromatic rings. The lowest BCUT2D eigenvalue weighted by Crippen LogP contribution is -2.38. The minimum Gasteiger partial charge on any atom is -0.336 e. The van der Waals surface area contributed by atoms with E-state index in [1.807, 2.05) is 9.58 Å². The Bertz CT molecular complexity index is 709. The van der Waals surface area contributed by atoms with Crippen molar-refractivity contribution in [2.75, 3.05) is 6.54 Å². The van der Waals surface area contributed by atoms with Crippen LogP contribution in [0.1, 0.15) is 48.1 Å². The second-order valence-electron chi connectivity index (χ2n) is 7.05. The lowest BCUT2D eigenvalue weighted by molar-refractivity contribution is -0.133. The average Bonchev–Trinajstić information content (AvgIpc) is 2.95. The molecule has 24 heavy (non-hydrogen) atoms. The van der Waals surface area contributed by atoms with Gasteiger partial charge in [0, 0.05) is 19.3 Å². The standard InChI is InChI=1S/C20H25N3O/c24-20(22-12-11-16-7-5-6-8-17(16)13-22)15-23-14-18-9-3-1-2-4-10-19(18)21-23/h5-8,14H,1-4,9-13,15H2. The lowest BCUT2D eigenvalue weighted by Gasteiger charge is -2.28. The van der Waals surface area contributed by atoms with E-state index in [1.54, 1.807) is 0 Å². The zero-order valence-electron chi connectivity index (χ0n) is 14.2. The van der Waals surface area contributed by atoms with Crippen molar-refractivity contribution >= 4 is 5.91 Å².